The zero-order valence-corrected chi connectivity index (χ0v) is 13.8. The van der Waals surface area contributed by atoms with Crippen molar-refractivity contribution in [1.29, 1.82) is 0 Å². The lowest BCUT2D eigenvalue weighted by atomic mass is 10.0. The molecule has 5 nitrogen and oxygen atoms in total. The Kier molecular flexibility index (Phi) is 7.14. The molecule has 0 bridgehead atoms. The molecule has 1 amide bonds. The molecule has 0 heterocycles. The first-order valence-electron chi connectivity index (χ1n) is 6.81. The van der Waals surface area contributed by atoms with E-state index in [1.54, 1.807) is 24.3 Å². The van der Waals surface area contributed by atoms with E-state index in [1.165, 1.54) is 0 Å². The van der Waals surface area contributed by atoms with Gasteiger partial charge >= 0.3 is 0 Å². The Balaban J connectivity index is 2.78. The van der Waals surface area contributed by atoms with Gasteiger partial charge in [-0.2, -0.15) is 0 Å². The number of carbonyl (C=O) groups excluding carboxylic acids is 1. The van der Waals surface area contributed by atoms with Gasteiger partial charge in [0, 0.05) is 18.0 Å². The van der Waals surface area contributed by atoms with Crippen molar-refractivity contribution in [2.24, 2.45) is 0 Å². The molecule has 21 heavy (non-hydrogen) atoms. The number of benzene rings is 1. The van der Waals surface area contributed by atoms with Crippen molar-refractivity contribution in [1.82, 2.24) is 10.0 Å². The van der Waals surface area contributed by atoms with Crippen molar-refractivity contribution < 1.29 is 13.2 Å². The summed E-state index contributed by atoms with van der Waals surface area (Å²) in [5, 5.41) is 3.34. The summed E-state index contributed by atoms with van der Waals surface area (Å²) in [4.78, 5) is 11.9. The largest absolute Gasteiger partial charge is 0.356 e. The van der Waals surface area contributed by atoms with Crippen LogP contribution in [0.25, 0.3) is 0 Å². The van der Waals surface area contributed by atoms with Crippen LogP contribution in [0.5, 0.6) is 0 Å². The van der Waals surface area contributed by atoms with Crippen LogP contribution in [0.2, 0.25) is 5.02 Å². The molecule has 0 aromatic heterocycles. The van der Waals surface area contributed by atoms with Crippen LogP contribution in [0.4, 0.5) is 0 Å². The third-order valence-corrected chi connectivity index (χ3v) is 3.84. The summed E-state index contributed by atoms with van der Waals surface area (Å²) in [5.74, 6) is -0.181. The molecule has 0 radical (unpaired) electrons. The number of carbonyl (C=O) groups is 1. The number of nitrogens with one attached hydrogen (secondary N) is 2. The minimum absolute atomic E-state index is 0.0540. The Morgan fingerprint density at radius 1 is 1.29 bits per heavy atom. The molecular weight excluding hydrogens is 312 g/mol. The fourth-order valence-electron chi connectivity index (χ4n) is 1.84. The zero-order chi connectivity index (χ0) is 15.9. The summed E-state index contributed by atoms with van der Waals surface area (Å²) in [7, 11) is -3.42. The Bertz CT molecular complexity index is 558. The first kappa shape index (κ1) is 17.9. The fraction of sp³-hybridized carbons (Fsp3) is 0.500. The van der Waals surface area contributed by atoms with Gasteiger partial charge in [0.1, 0.15) is 0 Å². The van der Waals surface area contributed by atoms with Crippen LogP contribution in [0.1, 0.15) is 37.8 Å². The molecule has 0 spiro atoms. The average Bonchev–Trinajstić information content (AvgIpc) is 2.37. The van der Waals surface area contributed by atoms with Crippen LogP contribution < -0.4 is 10.0 Å². The summed E-state index contributed by atoms with van der Waals surface area (Å²) in [5.41, 5.74) is 0.704. The molecule has 1 aromatic carbocycles. The highest BCUT2D eigenvalue weighted by atomic mass is 35.5. The highest BCUT2D eigenvalue weighted by Crippen LogP contribution is 2.20. The topological polar surface area (TPSA) is 75.3 Å². The number of hydrogen-bond donors (Lipinski definition) is 2. The maximum absolute atomic E-state index is 11.9. The number of sulfonamides is 1. The summed E-state index contributed by atoms with van der Waals surface area (Å²) < 4.78 is 25.4. The Morgan fingerprint density at radius 2 is 1.90 bits per heavy atom. The molecule has 0 saturated heterocycles. The van der Waals surface area contributed by atoms with E-state index >= 15 is 0 Å². The fourth-order valence-corrected chi connectivity index (χ4v) is 2.71. The van der Waals surface area contributed by atoms with Gasteiger partial charge in [0.15, 0.2) is 0 Å². The van der Waals surface area contributed by atoms with Crippen LogP contribution in [0, 0.1) is 0 Å². The van der Waals surface area contributed by atoms with Crippen molar-refractivity contribution in [3.63, 3.8) is 0 Å². The molecule has 118 valence electrons. The summed E-state index contributed by atoms with van der Waals surface area (Å²) in [6.07, 6.45) is 3.02. The van der Waals surface area contributed by atoms with Gasteiger partial charge in [0.2, 0.25) is 15.9 Å². The van der Waals surface area contributed by atoms with Gasteiger partial charge in [-0.05, 0) is 24.1 Å². The molecule has 0 aliphatic rings. The number of unbranched alkanes of at least 4 members (excludes halogenated alkanes) is 1. The lowest BCUT2D eigenvalue weighted by Crippen LogP contribution is -2.33. The monoisotopic (exact) mass is 332 g/mol. The van der Waals surface area contributed by atoms with E-state index in [0.29, 0.717) is 17.1 Å². The van der Waals surface area contributed by atoms with E-state index in [1.807, 2.05) is 6.92 Å². The van der Waals surface area contributed by atoms with Gasteiger partial charge in [-0.15, -0.1) is 0 Å². The highest BCUT2D eigenvalue weighted by molar-refractivity contribution is 7.88. The van der Waals surface area contributed by atoms with Crippen LogP contribution in [-0.2, 0) is 14.8 Å². The molecule has 1 atom stereocenters. The van der Waals surface area contributed by atoms with Gasteiger partial charge in [0.25, 0.3) is 0 Å². The summed E-state index contributed by atoms with van der Waals surface area (Å²) >= 11 is 5.82. The molecule has 0 aliphatic heterocycles. The van der Waals surface area contributed by atoms with Crippen LogP contribution >= 0.6 is 11.6 Å². The Labute approximate surface area is 131 Å². The van der Waals surface area contributed by atoms with Crippen molar-refractivity contribution >= 4 is 27.5 Å². The van der Waals surface area contributed by atoms with Crippen LogP contribution in [0.15, 0.2) is 24.3 Å². The molecule has 0 aliphatic carbocycles. The number of amides is 1. The third kappa shape index (κ3) is 7.45. The number of halogens is 1. The SMILES string of the molecule is CCCCNC(=O)C[C@H](NS(C)(=O)=O)c1ccc(Cl)cc1. The number of hydrogen-bond acceptors (Lipinski definition) is 3. The van der Waals surface area contributed by atoms with Gasteiger partial charge in [-0.3, -0.25) is 4.79 Å². The summed E-state index contributed by atoms with van der Waals surface area (Å²) in [6, 6.07) is 6.17. The molecule has 1 rings (SSSR count). The van der Waals surface area contributed by atoms with E-state index in [9.17, 15) is 13.2 Å². The zero-order valence-electron chi connectivity index (χ0n) is 12.2. The standard InChI is InChI=1S/C14H21ClN2O3S/c1-3-4-9-16-14(18)10-13(17-21(2,19)20)11-5-7-12(15)8-6-11/h5-8,13,17H,3-4,9-10H2,1-2H3,(H,16,18)/t13-/m0/s1. The molecule has 1 aromatic rings. The first-order valence-corrected chi connectivity index (χ1v) is 9.08. The second-order valence-electron chi connectivity index (χ2n) is 4.90. The second-order valence-corrected chi connectivity index (χ2v) is 7.12. The maximum Gasteiger partial charge on any atom is 0.221 e. The quantitative estimate of drug-likeness (QED) is 0.717. The minimum Gasteiger partial charge on any atom is -0.356 e. The van der Waals surface area contributed by atoms with E-state index in [4.69, 9.17) is 11.6 Å². The normalized spacial score (nSPS) is 12.9. The molecular formula is C14H21ClN2O3S. The molecule has 0 fully saturated rings. The molecule has 0 saturated carbocycles. The van der Waals surface area contributed by atoms with Crippen LogP contribution in [0.3, 0.4) is 0 Å². The molecule has 2 N–H and O–H groups in total. The van der Waals surface area contributed by atoms with E-state index < -0.39 is 16.1 Å². The van der Waals surface area contributed by atoms with Crippen LogP contribution in [-0.4, -0.2) is 27.1 Å². The number of rotatable bonds is 8. The van der Waals surface area contributed by atoms with E-state index in [-0.39, 0.29) is 12.3 Å². The van der Waals surface area contributed by atoms with Crippen molar-refractivity contribution in [2.45, 2.75) is 32.2 Å². The molecule has 7 heteroatoms. The third-order valence-electron chi connectivity index (χ3n) is 2.87. The maximum atomic E-state index is 11.9. The Hall–Kier alpha value is -1.11. The van der Waals surface area contributed by atoms with Gasteiger partial charge in [-0.25, -0.2) is 13.1 Å². The van der Waals surface area contributed by atoms with Gasteiger partial charge in [0.05, 0.1) is 12.3 Å². The van der Waals surface area contributed by atoms with Gasteiger partial charge < -0.3 is 5.32 Å². The predicted molar refractivity (Wildman–Crippen MR) is 84.7 cm³/mol. The highest BCUT2D eigenvalue weighted by Gasteiger charge is 2.19. The lowest BCUT2D eigenvalue weighted by Gasteiger charge is -2.18. The molecule has 0 unspecified atom stereocenters. The summed E-state index contributed by atoms with van der Waals surface area (Å²) in [6.45, 7) is 2.63. The van der Waals surface area contributed by atoms with Crippen molar-refractivity contribution in [3.05, 3.63) is 34.9 Å². The van der Waals surface area contributed by atoms with E-state index in [2.05, 4.69) is 10.0 Å². The average molecular weight is 333 g/mol. The van der Waals surface area contributed by atoms with E-state index in [0.717, 1.165) is 19.1 Å². The predicted octanol–water partition coefficient (Wildman–Crippen LogP) is 2.24. The second kappa shape index (κ2) is 8.36. The van der Waals surface area contributed by atoms with Gasteiger partial charge in [-0.1, -0.05) is 37.1 Å². The Morgan fingerprint density at radius 3 is 2.43 bits per heavy atom. The lowest BCUT2D eigenvalue weighted by molar-refractivity contribution is -0.121. The minimum atomic E-state index is -3.42. The van der Waals surface area contributed by atoms with Crippen molar-refractivity contribution in [2.75, 3.05) is 12.8 Å². The smallest absolute Gasteiger partial charge is 0.221 e. The van der Waals surface area contributed by atoms with Crippen molar-refractivity contribution in [3.8, 4) is 0 Å². The first-order chi connectivity index (χ1) is 9.81.